The molecule has 0 radical (unpaired) electrons. The van der Waals surface area contributed by atoms with Crippen molar-refractivity contribution in [2.75, 3.05) is 0 Å². The van der Waals surface area contributed by atoms with Crippen LogP contribution in [0.3, 0.4) is 0 Å². The zero-order chi connectivity index (χ0) is 28.5. The van der Waals surface area contributed by atoms with Crippen LogP contribution in [0.1, 0.15) is 24.6 Å². The smallest absolute Gasteiger partial charge is 0.416 e. The molecule has 4 rings (SSSR count). The van der Waals surface area contributed by atoms with E-state index in [1.54, 1.807) is 24.3 Å². The maximum Gasteiger partial charge on any atom is 0.416 e. The summed E-state index contributed by atoms with van der Waals surface area (Å²) >= 11 is 12.0. The molecule has 0 bridgehead atoms. The number of nitrogens with one attached hydrogen (secondary N) is 1. The van der Waals surface area contributed by atoms with E-state index in [0.29, 0.717) is 20.3 Å². The molecule has 206 valence electrons. The predicted molar refractivity (Wildman–Crippen MR) is 134 cm³/mol. The van der Waals surface area contributed by atoms with E-state index >= 15 is 0 Å². The molecule has 3 N–H and O–H groups in total. The van der Waals surface area contributed by atoms with Crippen molar-refractivity contribution in [1.29, 1.82) is 0 Å². The summed E-state index contributed by atoms with van der Waals surface area (Å²) in [6, 6.07) is 11.5. The Hall–Kier alpha value is -3.88. The molecule has 0 fully saturated rings. The SMILES string of the molecule is CC(NC(=O)O)c1nc(Cn2nc(-c3ccc(Cl)cc3)n(CC(O)C(F)(F)F)c2=O)nn1-c1cccc(Cl)c1. The fourth-order valence-electron chi connectivity index (χ4n) is 3.69. The van der Waals surface area contributed by atoms with Crippen LogP contribution in [0.25, 0.3) is 17.1 Å². The van der Waals surface area contributed by atoms with Crippen LogP contribution in [-0.2, 0) is 13.1 Å². The summed E-state index contributed by atoms with van der Waals surface area (Å²) in [6.45, 7) is 0.0470. The van der Waals surface area contributed by atoms with Gasteiger partial charge in [-0.15, -0.1) is 10.2 Å². The Bertz CT molecular complexity index is 1550. The third kappa shape index (κ3) is 6.41. The number of carboxylic acid groups (broad SMARTS) is 1. The van der Waals surface area contributed by atoms with Crippen LogP contribution in [0.4, 0.5) is 18.0 Å². The maximum atomic E-state index is 13.2. The number of amides is 1. The van der Waals surface area contributed by atoms with Gasteiger partial charge in [0.25, 0.3) is 0 Å². The molecular formula is C23H20Cl2F3N7O4. The number of aromatic nitrogens is 6. The molecule has 0 saturated heterocycles. The zero-order valence-electron chi connectivity index (χ0n) is 20.0. The minimum atomic E-state index is -4.97. The second-order valence-corrected chi connectivity index (χ2v) is 9.26. The lowest BCUT2D eigenvalue weighted by Gasteiger charge is -2.15. The first-order valence-electron chi connectivity index (χ1n) is 11.2. The fourth-order valence-corrected chi connectivity index (χ4v) is 4.01. The molecule has 2 aromatic carbocycles. The van der Waals surface area contributed by atoms with E-state index in [9.17, 15) is 27.9 Å². The summed E-state index contributed by atoms with van der Waals surface area (Å²) in [6.07, 6.45) is -9.11. The Balaban J connectivity index is 1.78. The first kappa shape index (κ1) is 28.1. The molecule has 0 aliphatic carbocycles. The largest absolute Gasteiger partial charge is 0.465 e. The highest BCUT2D eigenvalue weighted by Crippen LogP contribution is 2.24. The van der Waals surface area contributed by atoms with E-state index in [1.807, 2.05) is 0 Å². The summed E-state index contributed by atoms with van der Waals surface area (Å²) in [4.78, 5) is 28.8. The molecule has 0 spiro atoms. The highest BCUT2D eigenvalue weighted by molar-refractivity contribution is 6.31. The highest BCUT2D eigenvalue weighted by atomic mass is 35.5. The van der Waals surface area contributed by atoms with Crippen LogP contribution in [0.15, 0.2) is 53.3 Å². The Morgan fingerprint density at radius 2 is 1.79 bits per heavy atom. The molecule has 0 saturated carbocycles. The van der Waals surface area contributed by atoms with Gasteiger partial charge in [-0.3, -0.25) is 4.57 Å². The number of rotatable bonds is 8. The topological polar surface area (TPSA) is 140 Å². The van der Waals surface area contributed by atoms with Crippen molar-refractivity contribution in [3.8, 4) is 17.1 Å². The second kappa shape index (κ2) is 11.1. The van der Waals surface area contributed by atoms with Gasteiger partial charge in [-0.1, -0.05) is 29.3 Å². The lowest BCUT2D eigenvalue weighted by Crippen LogP contribution is -2.37. The highest BCUT2D eigenvalue weighted by Gasteiger charge is 2.39. The number of benzene rings is 2. The maximum absolute atomic E-state index is 13.2. The third-order valence-corrected chi connectivity index (χ3v) is 5.99. The van der Waals surface area contributed by atoms with Crippen molar-refractivity contribution >= 4 is 29.3 Å². The molecule has 2 heterocycles. The molecule has 2 atom stereocenters. The first-order chi connectivity index (χ1) is 18.3. The van der Waals surface area contributed by atoms with Crippen LogP contribution >= 0.6 is 23.2 Å². The number of halogens is 5. The van der Waals surface area contributed by atoms with E-state index in [2.05, 4.69) is 20.5 Å². The standard InChI is InChI=1S/C23H20Cl2F3N7O4/c1-12(29-21(37)38)19-30-18(31-35(19)16-4-2-3-15(25)9-16)11-34-22(39)33(10-17(36)23(26,27)28)20(32-34)13-5-7-14(24)8-6-13/h2-9,12,17,29,36H,10-11H2,1H3,(H,37,38). The van der Waals surface area contributed by atoms with Crippen LogP contribution in [0.2, 0.25) is 10.0 Å². The number of carbonyl (C=O) groups is 1. The minimum absolute atomic E-state index is 0.00907. The van der Waals surface area contributed by atoms with Gasteiger partial charge in [0.2, 0.25) is 0 Å². The van der Waals surface area contributed by atoms with Gasteiger partial charge in [0, 0.05) is 15.6 Å². The normalized spacial score (nSPS) is 13.3. The Morgan fingerprint density at radius 3 is 2.41 bits per heavy atom. The van der Waals surface area contributed by atoms with Crippen molar-refractivity contribution in [2.45, 2.75) is 38.3 Å². The average molecular weight is 586 g/mol. The second-order valence-electron chi connectivity index (χ2n) is 8.39. The number of aliphatic hydroxyl groups is 1. The fraction of sp³-hybridized carbons (Fsp3) is 0.261. The molecule has 16 heteroatoms. The van der Waals surface area contributed by atoms with Crippen molar-refractivity contribution < 1.29 is 28.2 Å². The summed E-state index contributed by atoms with van der Waals surface area (Å²) in [5.41, 5.74) is -0.231. The van der Waals surface area contributed by atoms with Gasteiger partial charge in [0.05, 0.1) is 18.3 Å². The molecule has 1 amide bonds. The first-order valence-corrected chi connectivity index (χ1v) is 12.0. The number of hydrogen-bond acceptors (Lipinski definition) is 6. The van der Waals surface area contributed by atoms with Crippen LogP contribution in [-0.4, -0.2) is 57.7 Å². The van der Waals surface area contributed by atoms with Gasteiger partial charge < -0.3 is 15.5 Å². The Morgan fingerprint density at radius 1 is 1.10 bits per heavy atom. The van der Waals surface area contributed by atoms with Crippen molar-refractivity contribution in [3.05, 3.63) is 80.7 Å². The molecule has 39 heavy (non-hydrogen) atoms. The Labute approximate surface area is 228 Å². The van der Waals surface area contributed by atoms with E-state index in [1.165, 1.54) is 35.9 Å². The summed E-state index contributed by atoms with van der Waals surface area (Å²) in [5.74, 6) is 0.0257. The quantitative estimate of drug-likeness (QED) is 0.285. The molecule has 2 unspecified atom stereocenters. The van der Waals surface area contributed by atoms with E-state index < -0.39 is 36.6 Å². The Kier molecular flexibility index (Phi) is 7.99. The van der Waals surface area contributed by atoms with Crippen molar-refractivity contribution in [2.24, 2.45) is 0 Å². The third-order valence-electron chi connectivity index (χ3n) is 5.51. The van der Waals surface area contributed by atoms with Gasteiger partial charge in [-0.2, -0.15) is 13.2 Å². The predicted octanol–water partition coefficient (Wildman–Crippen LogP) is 3.90. The van der Waals surface area contributed by atoms with Gasteiger partial charge in [-0.05, 0) is 49.4 Å². The minimum Gasteiger partial charge on any atom is -0.465 e. The number of aliphatic hydroxyl groups excluding tert-OH is 1. The van der Waals surface area contributed by atoms with E-state index in [0.717, 1.165) is 4.68 Å². The summed E-state index contributed by atoms with van der Waals surface area (Å²) in [5, 5.41) is 30.4. The molecule has 11 nitrogen and oxygen atoms in total. The van der Waals surface area contributed by atoms with Gasteiger partial charge >= 0.3 is 18.0 Å². The van der Waals surface area contributed by atoms with Gasteiger partial charge in [0.1, 0.15) is 6.54 Å². The van der Waals surface area contributed by atoms with Gasteiger partial charge in [0.15, 0.2) is 23.6 Å². The van der Waals surface area contributed by atoms with Crippen LogP contribution in [0.5, 0.6) is 0 Å². The molecule has 0 aliphatic rings. The molecular weight excluding hydrogens is 566 g/mol. The average Bonchev–Trinajstić information content (AvgIpc) is 3.41. The van der Waals surface area contributed by atoms with Crippen LogP contribution < -0.4 is 11.0 Å². The number of alkyl halides is 3. The lowest BCUT2D eigenvalue weighted by molar-refractivity contribution is -0.207. The van der Waals surface area contributed by atoms with Crippen molar-refractivity contribution in [3.63, 3.8) is 0 Å². The van der Waals surface area contributed by atoms with E-state index in [4.69, 9.17) is 28.3 Å². The van der Waals surface area contributed by atoms with Crippen molar-refractivity contribution in [1.82, 2.24) is 34.4 Å². The van der Waals surface area contributed by atoms with Gasteiger partial charge in [-0.25, -0.2) is 23.9 Å². The van der Waals surface area contributed by atoms with E-state index in [-0.39, 0.29) is 29.6 Å². The monoisotopic (exact) mass is 585 g/mol. The molecule has 4 aromatic rings. The molecule has 2 aromatic heterocycles. The number of hydrogen-bond donors (Lipinski definition) is 3. The molecule has 0 aliphatic heterocycles. The van der Waals surface area contributed by atoms with Crippen LogP contribution in [0, 0.1) is 0 Å². The zero-order valence-corrected chi connectivity index (χ0v) is 21.5. The lowest BCUT2D eigenvalue weighted by atomic mass is 10.2. The number of nitrogens with zero attached hydrogens (tertiary/aromatic N) is 6. The summed E-state index contributed by atoms with van der Waals surface area (Å²) in [7, 11) is 0. The summed E-state index contributed by atoms with van der Waals surface area (Å²) < 4.78 is 42.2.